The third-order valence-corrected chi connectivity index (χ3v) is 7.16. The van der Waals surface area contributed by atoms with Gasteiger partial charge in [0.25, 0.3) is 11.1 Å². The maximum atomic E-state index is 13.0. The highest BCUT2D eigenvalue weighted by atomic mass is 32.2. The number of thioether (sulfide) groups is 1. The Bertz CT molecular complexity index is 1630. The van der Waals surface area contributed by atoms with Crippen molar-refractivity contribution in [3.63, 3.8) is 0 Å². The number of ether oxygens (including phenoxy) is 2. The van der Waals surface area contributed by atoms with Crippen LogP contribution in [-0.4, -0.2) is 35.1 Å². The van der Waals surface area contributed by atoms with Crippen LogP contribution in [0.2, 0.25) is 0 Å². The highest BCUT2D eigenvalue weighted by molar-refractivity contribution is 8.18. The second-order valence-corrected chi connectivity index (χ2v) is 10.3. The van der Waals surface area contributed by atoms with E-state index in [4.69, 9.17) is 9.47 Å². The average Bonchev–Trinajstić information content (AvgIpc) is 3.19. The van der Waals surface area contributed by atoms with E-state index in [1.807, 2.05) is 50.2 Å². The Hall–Kier alpha value is -4.56. The molecular formula is C32H28N2O5S. The SMILES string of the molecule is CCOc1cc(/C=C2/SC(=O)N(CC(=O)Nc3cccc(C)c3)C2=O)ccc1OCc1ccc2ccccc2c1. The van der Waals surface area contributed by atoms with Crippen LogP contribution in [0.4, 0.5) is 10.5 Å². The van der Waals surface area contributed by atoms with Crippen LogP contribution in [-0.2, 0) is 16.2 Å². The van der Waals surface area contributed by atoms with E-state index in [1.54, 1.807) is 30.3 Å². The molecule has 0 aliphatic carbocycles. The number of aryl methyl sites for hydroxylation is 1. The number of imide groups is 1. The van der Waals surface area contributed by atoms with E-state index in [0.717, 1.165) is 33.2 Å². The minimum absolute atomic E-state index is 0.237. The molecule has 0 saturated carbocycles. The summed E-state index contributed by atoms with van der Waals surface area (Å²) in [5.74, 6) is 0.159. The van der Waals surface area contributed by atoms with Gasteiger partial charge in [-0.05, 0) is 89.5 Å². The molecule has 202 valence electrons. The minimum atomic E-state index is -0.510. The van der Waals surface area contributed by atoms with Gasteiger partial charge in [-0.25, -0.2) is 0 Å². The monoisotopic (exact) mass is 552 g/mol. The van der Waals surface area contributed by atoms with E-state index < -0.39 is 17.1 Å². The molecule has 4 aromatic carbocycles. The van der Waals surface area contributed by atoms with Crippen LogP contribution in [0.3, 0.4) is 0 Å². The summed E-state index contributed by atoms with van der Waals surface area (Å²) in [6.07, 6.45) is 1.62. The fourth-order valence-corrected chi connectivity index (χ4v) is 5.18. The lowest BCUT2D eigenvalue weighted by atomic mass is 10.1. The molecule has 3 amide bonds. The van der Waals surface area contributed by atoms with Gasteiger partial charge in [0, 0.05) is 5.69 Å². The molecule has 0 atom stereocenters. The largest absolute Gasteiger partial charge is 0.490 e. The second-order valence-electron chi connectivity index (χ2n) is 9.29. The molecule has 5 rings (SSSR count). The Balaban J connectivity index is 1.27. The molecule has 0 spiro atoms. The predicted molar refractivity (Wildman–Crippen MR) is 158 cm³/mol. The zero-order valence-corrected chi connectivity index (χ0v) is 23.0. The summed E-state index contributed by atoms with van der Waals surface area (Å²) in [6.45, 7) is 4.24. The molecule has 40 heavy (non-hydrogen) atoms. The van der Waals surface area contributed by atoms with Crippen molar-refractivity contribution in [3.05, 3.63) is 107 Å². The fraction of sp³-hybridized carbons (Fsp3) is 0.156. The number of hydrogen-bond acceptors (Lipinski definition) is 6. The lowest BCUT2D eigenvalue weighted by molar-refractivity contribution is -0.127. The molecule has 0 unspecified atom stereocenters. The van der Waals surface area contributed by atoms with Crippen molar-refractivity contribution in [1.29, 1.82) is 0 Å². The quantitative estimate of drug-likeness (QED) is 0.230. The Morgan fingerprint density at radius 2 is 1.73 bits per heavy atom. The summed E-state index contributed by atoms with van der Waals surface area (Å²) in [6, 6.07) is 27.0. The molecule has 1 saturated heterocycles. The molecule has 1 fully saturated rings. The topological polar surface area (TPSA) is 84.9 Å². The van der Waals surface area contributed by atoms with Crippen molar-refractivity contribution >= 4 is 51.4 Å². The molecule has 1 N–H and O–H groups in total. The Kier molecular flexibility index (Phi) is 8.17. The number of carbonyl (C=O) groups is 3. The molecule has 0 radical (unpaired) electrons. The van der Waals surface area contributed by atoms with Crippen LogP contribution in [0.25, 0.3) is 16.8 Å². The zero-order valence-electron chi connectivity index (χ0n) is 22.2. The normalized spacial score (nSPS) is 14.2. The molecule has 4 aromatic rings. The van der Waals surface area contributed by atoms with Crippen molar-refractivity contribution < 1.29 is 23.9 Å². The highest BCUT2D eigenvalue weighted by Gasteiger charge is 2.36. The smallest absolute Gasteiger partial charge is 0.294 e. The Morgan fingerprint density at radius 3 is 2.52 bits per heavy atom. The van der Waals surface area contributed by atoms with Gasteiger partial charge in [-0.15, -0.1) is 0 Å². The summed E-state index contributed by atoms with van der Waals surface area (Å²) < 4.78 is 11.9. The lowest BCUT2D eigenvalue weighted by Crippen LogP contribution is -2.36. The number of hydrogen-bond donors (Lipinski definition) is 1. The Morgan fingerprint density at radius 1 is 0.900 bits per heavy atom. The third kappa shape index (κ3) is 6.35. The van der Waals surface area contributed by atoms with Crippen LogP contribution in [0.5, 0.6) is 11.5 Å². The van der Waals surface area contributed by atoms with Gasteiger partial charge in [0.05, 0.1) is 11.5 Å². The molecular weight excluding hydrogens is 524 g/mol. The molecule has 0 bridgehead atoms. The van der Waals surface area contributed by atoms with Gasteiger partial charge >= 0.3 is 0 Å². The summed E-state index contributed by atoms with van der Waals surface area (Å²) in [7, 11) is 0. The summed E-state index contributed by atoms with van der Waals surface area (Å²) >= 11 is 0.806. The predicted octanol–water partition coefficient (Wildman–Crippen LogP) is 6.80. The second kappa shape index (κ2) is 12.1. The number of amides is 3. The zero-order chi connectivity index (χ0) is 28.1. The minimum Gasteiger partial charge on any atom is -0.490 e. The van der Waals surface area contributed by atoms with E-state index in [1.165, 1.54) is 5.39 Å². The van der Waals surface area contributed by atoms with Gasteiger partial charge in [0.1, 0.15) is 13.2 Å². The van der Waals surface area contributed by atoms with E-state index in [2.05, 4.69) is 29.6 Å². The average molecular weight is 553 g/mol. The third-order valence-electron chi connectivity index (χ3n) is 6.25. The number of carbonyl (C=O) groups excluding carboxylic acids is 3. The van der Waals surface area contributed by atoms with Gasteiger partial charge in [-0.3, -0.25) is 19.3 Å². The van der Waals surface area contributed by atoms with Gasteiger partial charge in [0.2, 0.25) is 5.91 Å². The van der Waals surface area contributed by atoms with Crippen molar-refractivity contribution in [1.82, 2.24) is 4.90 Å². The molecule has 1 aliphatic rings. The van der Waals surface area contributed by atoms with Gasteiger partial charge in [-0.2, -0.15) is 0 Å². The summed E-state index contributed by atoms with van der Waals surface area (Å²) in [5, 5.41) is 4.55. The van der Waals surface area contributed by atoms with Crippen molar-refractivity contribution in [3.8, 4) is 11.5 Å². The van der Waals surface area contributed by atoms with E-state index in [9.17, 15) is 14.4 Å². The van der Waals surface area contributed by atoms with Gasteiger partial charge in [-0.1, -0.05) is 54.6 Å². The van der Waals surface area contributed by atoms with Crippen molar-refractivity contribution in [2.45, 2.75) is 20.5 Å². The molecule has 7 nitrogen and oxygen atoms in total. The maximum absolute atomic E-state index is 13.0. The van der Waals surface area contributed by atoms with Crippen LogP contribution in [0.15, 0.2) is 89.8 Å². The molecule has 0 aromatic heterocycles. The van der Waals surface area contributed by atoms with Crippen LogP contribution in [0.1, 0.15) is 23.6 Å². The van der Waals surface area contributed by atoms with Crippen molar-refractivity contribution in [2.75, 3.05) is 18.5 Å². The first-order valence-corrected chi connectivity index (χ1v) is 13.7. The number of fused-ring (bicyclic) bond motifs is 1. The number of nitrogens with zero attached hydrogens (tertiary/aromatic N) is 1. The standard InChI is InChI=1S/C32H28N2O5S/c1-3-38-28-17-22(12-14-27(28)39-20-23-11-13-24-8-4-5-9-25(24)16-23)18-29-31(36)34(32(37)40-29)19-30(35)33-26-10-6-7-21(2)15-26/h4-18H,3,19-20H2,1-2H3,(H,33,35)/b29-18+. The highest BCUT2D eigenvalue weighted by Crippen LogP contribution is 2.35. The van der Waals surface area contributed by atoms with Gasteiger partial charge < -0.3 is 14.8 Å². The molecule has 8 heteroatoms. The fourth-order valence-electron chi connectivity index (χ4n) is 4.35. The maximum Gasteiger partial charge on any atom is 0.294 e. The van der Waals surface area contributed by atoms with E-state index in [-0.39, 0.29) is 11.4 Å². The summed E-state index contributed by atoms with van der Waals surface area (Å²) in [4.78, 5) is 39.2. The molecule has 1 heterocycles. The van der Waals surface area contributed by atoms with Gasteiger partial charge in [0.15, 0.2) is 11.5 Å². The van der Waals surface area contributed by atoms with Crippen LogP contribution < -0.4 is 14.8 Å². The van der Waals surface area contributed by atoms with Crippen LogP contribution >= 0.6 is 11.8 Å². The lowest BCUT2D eigenvalue weighted by Gasteiger charge is -2.13. The van der Waals surface area contributed by atoms with E-state index in [0.29, 0.717) is 36.0 Å². The first kappa shape index (κ1) is 27.0. The number of benzene rings is 4. The number of anilines is 1. The van der Waals surface area contributed by atoms with Crippen LogP contribution in [0, 0.1) is 6.92 Å². The number of rotatable bonds is 9. The van der Waals surface area contributed by atoms with Crippen molar-refractivity contribution in [2.24, 2.45) is 0 Å². The first-order valence-electron chi connectivity index (χ1n) is 12.9. The molecule has 1 aliphatic heterocycles. The van der Waals surface area contributed by atoms with E-state index >= 15 is 0 Å². The summed E-state index contributed by atoms with van der Waals surface area (Å²) in [5.41, 5.74) is 3.31. The number of nitrogens with one attached hydrogen (secondary N) is 1. The first-order chi connectivity index (χ1) is 19.4. The Labute approximate surface area is 236 Å².